The lowest BCUT2D eigenvalue weighted by Crippen LogP contribution is -2.41. The van der Waals surface area contributed by atoms with Crippen molar-refractivity contribution in [2.45, 2.75) is 32.4 Å². The number of benzene rings is 1. The number of ether oxygens (including phenoxy) is 1. The number of hydrogen-bond donors (Lipinski definition) is 2. The molecule has 1 saturated heterocycles. The topological polar surface area (TPSA) is 105 Å². The van der Waals surface area contributed by atoms with Gasteiger partial charge in [0, 0.05) is 0 Å². The third kappa shape index (κ3) is 5.11. The number of carbonyl (C=O) groups excluding carboxylic acids is 4. The van der Waals surface area contributed by atoms with Crippen LogP contribution in [0.15, 0.2) is 18.2 Å². The average molecular weight is 416 g/mol. The summed E-state index contributed by atoms with van der Waals surface area (Å²) in [6.45, 7) is 3.67. The number of amides is 4. The molecule has 0 aromatic heterocycles. The Kier molecular flexibility index (Phi) is 6.33. The van der Waals surface area contributed by atoms with Crippen molar-refractivity contribution in [3.63, 3.8) is 0 Å². The van der Waals surface area contributed by atoms with E-state index in [2.05, 4.69) is 10.6 Å². The van der Waals surface area contributed by atoms with Gasteiger partial charge in [-0.1, -0.05) is 29.3 Å². The van der Waals surface area contributed by atoms with Crippen molar-refractivity contribution in [2.75, 3.05) is 13.2 Å². The fourth-order valence-electron chi connectivity index (χ4n) is 2.43. The third-order valence-electron chi connectivity index (χ3n) is 3.92. The fourth-order valence-corrected chi connectivity index (χ4v) is 2.74. The Morgan fingerprint density at radius 3 is 2.48 bits per heavy atom. The van der Waals surface area contributed by atoms with Gasteiger partial charge in [0.05, 0.1) is 16.1 Å². The Bertz CT molecular complexity index is 797. The molecule has 1 aromatic rings. The number of urea groups is 1. The molecule has 10 heteroatoms. The molecule has 0 radical (unpaired) electrons. The molecule has 8 nitrogen and oxygen atoms in total. The lowest BCUT2D eigenvalue weighted by atomic mass is 10.1. The number of rotatable bonds is 6. The molecule has 2 rings (SSSR count). The van der Waals surface area contributed by atoms with E-state index in [1.165, 1.54) is 13.8 Å². The molecular formula is C17H19Cl2N3O5. The van der Waals surface area contributed by atoms with Gasteiger partial charge in [-0.3, -0.25) is 19.3 Å². The second kappa shape index (κ2) is 8.14. The van der Waals surface area contributed by atoms with Crippen molar-refractivity contribution >= 4 is 47.0 Å². The maximum Gasteiger partial charge on any atom is 0.326 e. The molecule has 1 fully saturated rings. The maximum absolute atomic E-state index is 12.0. The zero-order valence-corrected chi connectivity index (χ0v) is 16.5. The molecule has 1 unspecified atom stereocenters. The first kappa shape index (κ1) is 21.0. The van der Waals surface area contributed by atoms with Crippen LogP contribution in [-0.2, 0) is 19.1 Å². The van der Waals surface area contributed by atoms with Crippen LogP contribution in [0.5, 0.6) is 0 Å². The lowest BCUT2D eigenvalue weighted by Gasteiger charge is -2.16. The first-order chi connectivity index (χ1) is 12.5. The molecule has 1 aromatic carbocycles. The Morgan fingerprint density at radius 2 is 1.93 bits per heavy atom. The summed E-state index contributed by atoms with van der Waals surface area (Å²) in [6.07, 6.45) is 0. The molecule has 1 aliphatic rings. The van der Waals surface area contributed by atoms with Crippen LogP contribution in [0.1, 0.15) is 32.4 Å². The summed E-state index contributed by atoms with van der Waals surface area (Å²) in [6, 6.07) is 3.88. The summed E-state index contributed by atoms with van der Waals surface area (Å²) in [5.41, 5.74) is -0.352. The summed E-state index contributed by atoms with van der Waals surface area (Å²) in [5.74, 6) is -1.95. The fraction of sp³-hybridized carbons (Fsp3) is 0.412. The summed E-state index contributed by atoms with van der Waals surface area (Å²) >= 11 is 11.8. The quantitative estimate of drug-likeness (QED) is 0.546. The zero-order valence-electron chi connectivity index (χ0n) is 15.0. The highest BCUT2D eigenvalue weighted by molar-refractivity contribution is 6.42. The van der Waals surface area contributed by atoms with E-state index in [1.54, 1.807) is 25.1 Å². The van der Waals surface area contributed by atoms with Gasteiger partial charge in [-0.05, 0) is 38.5 Å². The van der Waals surface area contributed by atoms with Gasteiger partial charge in [-0.25, -0.2) is 4.79 Å². The van der Waals surface area contributed by atoms with Crippen LogP contribution in [0, 0.1) is 0 Å². The van der Waals surface area contributed by atoms with Gasteiger partial charge in [-0.15, -0.1) is 0 Å². The van der Waals surface area contributed by atoms with Crippen LogP contribution in [0.2, 0.25) is 10.0 Å². The van der Waals surface area contributed by atoms with E-state index < -0.39 is 48.5 Å². The van der Waals surface area contributed by atoms with Gasteiger partial charge >= 0.3 is 12.0 Å². The predicted octanol–water partition coefficient (Wildman–Crippen LogP) is 2.04. The summed E-state index contributed by atoms with van der Waals surface area (Å²) in [5, 5.41) is 5.85. The Morgan fingerprint density at radius 1 is 1.26 bits per heavy atom. The van der Waals surface area contributed by atoms with Crippen LogP contribution in [0.25, 0.3) is 0 Å². The lowest BCUT2D eigenvalue weighted by molar-refractivity contribution is -0.151. The molecule has 1 aliphatic heterocycles. The number of imide groups is 1. The third-order valence-corrected chi connectivity index (χ3v) is 4.66. The van der Waals surface area contributed by atoms with E-state index in [-0.39, 0.29) is 0 Å². The highest BCUT2D eigenvalue weighted by Crippen LogP contribution is 2.25. The number of nitrogens with zero attached hydrogens (tertiary/aromatic N) is 1. The van der Waals surface area contributed by atoms with Gasteiger partial charge in [0.25, 0.3) is 11.8 Å². The smallest absolute Gasteiger partial charge is 0.326 e. The van der Waals surface area contributed by atoms with Crippen molar-refractivity contribution < 1.29 is 23.9 Å². The Labute approximate surface area is 166 Å². The zero-order chi connectivity index (χ0) is 20.4. The van der Waals surface area contributed by atoms with Crippen LogP contribution < -0.4 is 10.6 Å². The molecule has 0 bridgehead atoms. The van der Waals surface area contributed by atoms with E-state index in [9.17, 15) is 19.2 Å². The van der Waals surface area contributed by atoms with Crippen LogP contribution in [-0.4, -0.2) is 47.4 Å². The molecule has 0 spiro atoms. The summed E-state index contributed by atoms with van der Waals surface area (Å²) in [4.78, 5) is 48.2. The van der Waals surface area contributed by atoms with E-state index in [4.69, 9.17) is 27.9 Å². The first-order valence-corrected chi connectivity index (χ1v) is 8.81. The standard InChI is InChI=1S/C17H19Cl2N3O5/c1-9(10-4-5-11(18)12(19)6-10)20-13(23)8-27-14(24)7-22-15(25)17(2,3)21-16(22)26/h4-6,9H,7-8H2,1-3H3,(H,20,23)(H,21,26). The molecule has 27 heavy (non-hydrogen) atoms. The van der Waals surface area contributed by atoms with E-state index in [0.29, 0.717) is 10.0 Å². The molecule has 4 amide bonds. The monoisotopic (exact) mass is 415 g/mol. The first-order valence-electron chi connectivity index (χ1n) is 8.05. The highest BCUT2D eigenvalue weighted by Gasteiger charge is 2.45. The van der Waals surface area contributed by atoms with Crippen molar-refractivity contribution in [2.24, 2.45) is 0 Å². The number of halogens is 2. The predicted molar refractivity (Wildman–Crippen MR) is 98.3 cm³/mol. The van der Waals surface area contributed by atoms with Crippen LogP contribution in [0.4, 0.5) is 4.79 Å². The van der Waals surface area contributed by atoms with Crippen LogP contribution >= 0.6 is 23.2 Å². The summed E-state index contributed by atoms with van der Waals surface area (Å²) < 4.78 is 4.84. The van der Waals surface area contributed by atoms with Crippen molar-refractivity contribution in [3.8, 4) is 0 Å². The minimum atomic E-state index is -1.08. The van der Waals surface area contributed by atoms with Gasteiger partial charge in [-0.2, -0.15) is 0 Å². The van der Waals surface area contributed by atoms with Crippen molar-refractivity contribution in [3.05, 3.63) is 33.8 Å². The number of esters is 1. The van der Waals surface area contributed by atoms with Gasteiger partial charge in [0.15, 0.2) is 6.61 Å². The SMILES string of the molecule is CC(NC(=O)COC(=O)CN1C(=O)NC(C)(C)C1=O)c1ccc(Cl)c(Cl)c1. The highest BCUT2D eigenvalue weighted by atomic mass is 35.5. The molecule has 0 saturated carbocycles. The molecule has 0 aliphatic carbocycles. The second-order valence-corrected chi connectivity index (χ2v) is 7.38. The molecule has 146 valence electrons. The average Bonchev–Trinajstić information content (AvgIpc) is 2.77. The van der Waals surface area contributed by atoms with Crippen molar-refractivity contribution in [1.82, 2.24) is 15.5 Å². The second-order valence-electron chi connectivity index (χ2n) is 6.57. The van der Waals surface area contributed by atoms with Gasteiger partial charge in [0.1, 0.15) is 12.1 Å². The molecule has 1 atom stereocenters. The maximum atomic E-state index is 12.0. The number of carbonyl (C=O) groups is 4. The minimum Gasteiger partial charge on any atom is -0.454 e. The minimum absolute atomic E-state index is 0.359. The Hall–Kier alpha value is -2.32. The van der Waals surface area contributed by atoms with E-state index >= 15 is 0 Å². The Balaban J connectivity index is 1.83. The number of nitrogens with one attached hydrogen (secondary N) is 2. The summed E-state index contributed by atoms with van der Waals surface area (Å²) in [7, 11) is 0. The number of hydrogen-bond acceptors (Lipinski definition) is 5. The largest absolute Gasteiger partial charge is 0.454 e. The van der Waals surface area contributed by atoms with Gasteiger partial charge < -0.3 is 15.4 Å². The van der Waals surface area contributed by atoms with Gasteiger partial charge in [0.2, 0.25) is 0 Å². The normalized spacial score (nSPS) is 16.7. The molecule has 2 N–H and O–H groups in total. The van der Waals surface area contributed by atoms with E-state index in [0.717, 1.165) is 10.5 Å². The van der Waals surface area contributed by atoms with Crippen molar-refractivity contribution in [1.29, 1.82) is 0 Å². The van der Waals surface area contributed by atoms with Crippen LogP contribution in [0.3, 0.4) is 0 Å². The molecular weight excluding hydrogens is 397 g/mol. The molecule has 1 heterocycles. The van der Waals surface area contributed by atoms with E-state index in [1.807, 2.05) is 0 Å².